The second kappa shape index (κ2) is 9.32. The number of carbonyl (C=O) groups excluding carboxylic acids is 1. The Labute approximate surface area is 147 Å². The van der Waals surface area contributed by atoms with Gasteiger partial charge in [0.05, 0.1) is 19.4 Å². The van der Waals surface area contributed by atoms with Crippen molar-refractivity contribution in [3.63, 3.8) is 0 Å². The molecule has 6 nitrogen and oxygen atoms in total. The van der Waals surface area contributed by atoms with Gasteiger partial charge in [-0.05, 0) is 49.2 Å². The van der Waals surface area contributed by atoms with E-state index in [1.54, 1.807) is 42.5 Å². The van der Waals surface area contributed by atoms with Crippen LogP contribution in [0.3, 0.4) is 0 Å². The van der Waals surface area contributed by atoms with Crippen LogP contribution in [0.5, 0.6) is 17.2 Å². The Morgan fingerprint density at radius 2 is 2.00 bits per heavy atom. The molecule has 0 aliphatic heterocycles. The highest BCUT2D eigenvalue weighted by molar-refractivity contribution is 5.95. The summed E-state index contributed by atoms with van der Waals surface area (Å²) in [4.78, 5) is 12.2. The topological polar surface area (TPSA) is 80.2 Å². The Bertz CT molecular complexity index is 744. The lowest BCUT2D eigenvalue weighted by Gasteiger charge is -2.12. The number of aromatic hydroxyl groups is 1. The van der Waals surface area contributed by atoms with Gasteiger partial charge in [-0.2, -0.15) is 5.10 Å². The van der Waals surface area contributed by atoms with E-state index in [1.807, 2.05) is 13.8 Å². The van der Waals surface area contributed by atoms with Crippen molar-refractivity contribution in [2.24, 2.45) is 5.10 Å². The monoisotopic (exact) mass is 342 g/mol. The number of phenols is 1. The van der Waals surface area contributed by atoms with Crippen molar-refractivity contribution in [1.82, 2.24) is 5.43 Å². The van der Waals surface area contributed by atoms with Gasteiger partial charge in [-0.1, -0.05) is 19.1 Å². The Hall–Kier alpha value is -3.02. The summed E-state index contributed by atoms with van der Waals surface area (Å²) >= 11 is 0. The molecule has 0 heterocycles. The molecule has 2 N–H and O–H groups in total. The molecule has 0 unspecified atom stereocenters. The molecule has 6 heteroatoms. The van der Waals surface area contributed by atoms with Crippen LogP contribution in [0.25, 0.3) is 0 Å². The first-order valence-corrected chi connectivity index (χ1v) is 8.16. The minimum Gasteiger partial charge on any atom is -0.508 e. The zero-order valence-electron chi connectivity index (χ0n) is 14.4. The van der Waals surface area contributed by atoms with Crippen LogP contribution in [0.4, 0.5) is 0 Å². The van der Waals surface area contributed by atoms with Crippen LogP contribution in [0.15, 0.2) is 47.6 Å². The van der Waals surface area contributed by atoms with Crippen LogP contribution in [0, 0.1) is 0 Å². The number of phenolic OH excluding ortho intramolecular Hbond substituents is 1. The van der Waals surface area contributed by atoms with Gasteiger partial charge < -0.3 is 14.6 Å². The third kappa shape index (κ3) is 5.53. The molecular formula is C19H22N2O4. The van der Waals surface area contributed by atoms with Crippen molar-refractivity contribution in [3.05, 3.63) is 53.6 Å². The van der Waals surface area contributed by atoms with E-state index < -0.39 is 0 Å². The predicted molar refractivity (Wildman–Crippen MR) is 96.6 cm³/mol. The van der Waals surface area contributed by atoms with Gasteiger partial charge in [0.15, 0.2) is 11.5 Å². The Morgan fingerprint density at radius 3 is 2.72 bits per heavy atom. The molecule has 0 radical (unpaired) electrons. The summed E-state index contributed by atoms with van der Waals surface area (Å²) in [7, 11) is 0. The number of hydrazone groups is 1. The SMILES string of the molecule is CCCOc1ccc(C(=O)N/N=C/c2cccc(O)c2)cc1OCC. The zero-order valence-corrected chi connectivity index (χ0v) is 14.4. The lowest BCUT2D eigenvalue weighted by atomic mass is 10.2. The standard InChI is InChI=1S/C19H22N2O4/c1-3-10-25-17-9-8-15(12-18(17)24-4-2)19(23)21-20-13-14-6-5-7-16(22)11-14/h5-9,11-13,22H,3-4,10H2,1-2H3,(H,21,23)/b20-13+. The number of hydrogen-bond acceptors (Lipinski definition) is 5. The van der Waals surface area contributed by atoms with Crippen molar-refractivity contribution >= 4 is 12.1 Å². The summed E-state index contributed by atoms with van der Waals surface area (Å²) in [5.74, 6) is 0.919. The first-order valence-electron chi connectivity index (χ1n) is 8.16. The summed E-state index contributed by atoms with van der Waals surface area (Å²) < 4.78 is 11.2. The fourth-order valence-corrected chi connectivity index (χ4v) is 2.08. The molecule has 0 saturated heterocycles. The molecule has 0 fully saturated rings. The maximum Gasteiger partial charge on any atom is 0.271 e. The third-order valence-electron chi connectivity index (χ3n) is 3.22. The molecule has 0 atom stereocenters. The van der Waals surface area contributed by atoms with Crippen LogP contribution in [-0.2, 0) is 0 Å². The number of amides is 1. The first-order chi connectivity index (χ1) is 12.1. The van der Waals surface area contributed by atoms with E-state index in [1.165, 1.54) is 6.21 Å². The molecule has 2 rings (SSSR count). The molecule has 0 bridgehead atoms. The average molecular weight is 342 g/mol. The smallest absolute Gasteiger partial charge is 0.271 e. The lowest BCUT2D eigenvalue weighted by Crippen LogP contribution is -2.17. The first kappa shape index (κ1) is 18.3. The molecule has 0 spiro atoms. The predicted octanol–water partition coefficient (Wildman–Crippen LogP) is 3.34. The largest absolute Gasteiger partial charge is 0.508 e. The number of ether oxygens (including phenoxy) is 2. The molecular weight excluding hydrogens is 320 g/mol. The van der Waals surface area contributed by atoms with Gasteiger partial charge in [-0.3, -0.25) is 4.79 Å². The molecule has 2 aromatic rings. The van der Waals surface area contributed by atoms with Gasteiger partial charge in [-0.25, -0.2) is 5.43 Å². The molecule has 1 amide bonds. The van der Waals surface area contributed by atoms with Crippen molar-refractivity contribution in [2.75, 3.05) is 13.2 Å². The second-order valence-corrected chi connectivity index (χ2v) is 5.24. The van der Waals surface area contributed by atoms with Gasteiger partial charge in [-0.15, -0.1) is 0 Å². The summed E-state index contributed by atoms with van der Waals surface area (Å²) in [6.07, 6.45) is 2.34. The molecule has 0 aliphatic rings. The van der Waals surface area contributed by atoms with Gasteiger partial charge in [0.1, 0.15) is 5.75 Å². The van der Waals surface area contributed by atoms with E-state index >= 15 is 0 Å². The summed E-state index contributed by atoms with van der Waals surface area (Å²) in [5.41, 5.74) is 3.55. The molecule has 2 aromatic carbocycles. The zero-order chi connectivity index (χ0) is 18.1. The molecule has 25 heavy (non-hydrogen) atoms. The number of benzene rings is 2. The van der Waals surface area contributed by atoms with Crippen LogP contribution in [0.1, 0.15) is 36.2 Å². The van der Waals surface area contributed by atoms with Gasteiger partial charge in [0.25, 0.3) is 5.91 Å². The van der Waals surface area contributed by atoms with Crippen LogP contribution >= 0.6 is 0 Å². The minimum atomic E-state index is -0.362. The molecule has 132 valence electrons. The van der Waals surface area contributed by atoms with E-state index in [0.29, 0.717) is 35.8 Å². The summed E-state index contributed by atoms with van der Waals surface area (Å²) in [5, 5.41) is 13.3. The maximum absolute atomic E-state index is 12.2. The lowest BCUT2D eigenvalue weighted by molar-refractivity contribution is 0.0954. The Kier molecular flexibility index (Phi) is 6.83. The summed E-state index contributed by atoms with van der Waals surface area (Å²) in [6, 6.07) is 11.6. The van der Waals surface area contributed by atoms with E-state index in [9.17, 15) is 9.90 Å². The van der Waals surface area contributed by atoms with Crippen LogP contribution in [-0.4, -0.2) is 30.4 Å². The quantitative estimate of drug-likeness (QED) is 0.569. The number of hydrogen-bond donors (Lipinski definition) is 2. The summed E-state index contributed by atoms with van der Waals surface area (Å²) in [6.45, 7) is 4.95. The molecule has 0 aliphatic carbocycles. The fourth-order valence-electron chi connectivity index (χ4n) is 2.08. The number of nitrogens with zero attached hydrogens (tertiary/aromatic N) is 1. The van der Waals surface area contributed by atoms with Crippen LogP contribution < -0.4 is 14.9 Å². The normalized spacial score (nSPS) is 10.6. The molecule has 0 saturated carbocycles. The van der Waals surface area contributed by atoms with E-state index in [4.69, 9.17) is 9.47 Å². The molecule has 0 aromatic heterocycles. The van der Waals surface area contributed by atoms with Crippen LogP contribution in [0.2, 0.25) is 0 Å². The average Bonchev–Trinajstić information content (AvgIpc) is 2.61. The van der Waals surface area contributed by atoms with Crippen molar-refractivity contribution in [3.8, 4) is 17.2 Å². The minimum absolute atomic E-state index is 0.138. The van der Waals surface area contributed by atoms with Crippen molar-refractivity contribution in [1.29, 1.82) is 0 Å². The second-order valence-electron chi connectivity index (χ2n) is 5.24. The Morgan fingerprint density at radius 1 is 1.16 bits per heavy atom. The van der Waals surface area contributed by atoms with E-state index in [2.05, 4.69) is 10.5 Å². The van der Waals surface area contributed by atoms with Gasteiger partial charge >= 0.3 is 0 Å². The maximum atomic E-state index is 12.2. The fraction of sp³-hybridized carbons (Fsp3) is 0.263. The number of rotatable bonds is 8. The number of carbonyl (C=O) groups is 1. The highest BCUT2D eigenvalue weighted by Crippen LogP contribution is 2.28. The van der Waals surface area contributed by atoms with E-state index in [-0.39, 0.29) is 11.7 Å². The highest BCUT2D eigenvalue weighted by Gasteiger charge is 2.11. The third-order valence-corrected chi connectivity index (χ3v) is 3.22. The van der Waals surface area contributed by atoms with Gasteiger partial charge in [0, 0.05) is 5.56 Å². The van der Waals surface area contributed by atoms with E-state index in [0.717, 1.165) is 6.42 Å². The van der Waals surface area contributed by atoms with Crippen molar-refractivity contribution < 1.29 is 19.4 Å². The van der Waals surface area contributed by atoms with Gasteiger partial charge in [0.2, 0.25) is 0 Å². The highest BCUT2D eigenvalue weighted by atomic mass is 16.5. The Balaban J connectivity index is 2.06. The van der Waals surface area contributed by atoms with Crippen molar-refractivity contribution in [2.45, 2.75) is 20.3 Å². The number of nitrogens with one attached hydrogen (secondary N) is 1.